The molecule has 0 saturated heterocycles. The van der Waals surface area contributed by atoms with Gasteiger partial charge in [-0.2, -0.15) is 0 Å². The predicted molar refractivity (Wildman–Crippen MR) is 101 cm³/mol. The zero-order valence-corrected chi connectivity index (χ0v) is 15.3. The van der Waals surface area contributed by atoms with Crippen molar-refractivity contribution in [2.45, 2.75) is 19.6 Å². The summed E-state index contributed by atoms with van der Waals surface area (Å²) in [7, 11) is 0. The standard InChI is InChI=1S/C21H19N3O4/c1-14-8-9-16(12-23-14)27-21-15(5-4-10-22-21)11-24-20(25)19-13-26-17-6-2-3-7-18(17)28-19/h2-10,12,19H,11,13H2,1H3,(H,24,25)/t19-/m1/s1. The molecule has 28 heavy (non-hydrogen) atoms. The number of aryl methyl sites for hydroxylation is 1. The van der Waals surface area contributed by atoms with E-state index in [0.717, 1.165) is 11.3 Å². The average molecular weight is 377 g/mol. The third-order valence-electron chi connectivity index (χ3n) is 4.20. The van der Waals surface area contributed by atoms with Crippen LogP contribution < -0.4 is 19.5 Å². The summed E-state index contributed by atoms with van der Waals surface area (Å²) in [5, 5.41) is 2.86. The molecule has 1 amide bonds. The second kappa shape index (κ2) is 7.96. The molecule has 0 unspecified atom stereocenters. The summed E-state index contributed by atoms with van der Waals surface area (Å²) < 4.78 is 17.1. The van der Waals surface area contributed by atoms with Crippen LogP contribution in [0.2, 0.25) is 0 Å². The SMILES string of the molecule is Cc1ccc(Oc2ncccc2CNC(=O)[C@H]2COc3ccccc3O2)cn1. The molecule has 1 N–H and O–H groups in total. The van der Waals surface area contributed by atoms with Crippen molar-refractivity contribution >= 4 is 5.91 Å². The summed E-state index contributed by atoms with van der Waals surface area (Å²) in [6, 6.07) is 14.6. The van der Waals surface area contributed by atoms with Crippen LogP contribution in [0.15, 0.2) is 60.9 Å². The maximum Gasteiger partial charge on any atom is 0.264 e. The molecule has 0 radical (unpaired) electrons. The smallest absolute Gasteiger partial charge is 0.264 e. The Labute approximate surface area is 162 Å². The van der Waals surface area contributed by atoms with E-state index in [1.54, 1.807) is 24.5 Å². The van der Waals surface area contributed by atoms with E-state index < -0.39 is 6.10 Å². The molecule has 2 aromatic heterocycles. The van der Waals surface area contributed by atoms with Crippen molar-refractivity contribution in [2.24, 2.45) is 0 Å². The number of aromatic nitrogens is 2. The van der Waals surface area contributed by atoms with Crippen LogP contribution in [0.3, 0.4) is 0 Å². The summed E-state index contributed by atoms with van der Waals surface area (Å²) in [6.45, 7) is 2.32. The lowest BCUT2D eigenvalue weighted by atomic mass is 10.2. The van der Waals surface area contributed by atoms with Crippen molar-refractivity contribution < 1.29 is 19.0 Å². The fourth-order valence-electron chi connectivity index (χ4n) is 2.72. The number of amides is 1. The summed E-state index contributed by atoms with van der Waals surface area (Å²) in [4.78, 5) is 21.0. The highest BCUT2D eigenvalue weighted by Crippen LogP contribution is 2.31. The van der Waals surface area contributed by atoms with Crippen molar-refractivity contribution in [1.29, 1.82) is 0 Å². The fourth-order valence-corrected chi connectivity index (χ4v) is 2.72. The Morgan fingerprint density at radius 1 is 1.14 bits per heavy atom. The van der Waals surface area contributed by atoms with Gasteiger partial charge in [-0.15, -0.1) is 0 Å². The third kappa shape index (κ3) is 4.03. The Bertz CT molecular complexity index is 975. The summed E-state index contributed by atoms with van der Waals surface area (Å²) in [5.41, 5.74) is 1.64. The summed E-state index contributed by atoms with van der Waals surface area (Å²) in [6.07, 6.45) is 2.56. The highest BCUT2D eigenvalue weighted by molar-refractivity contribution is 5.81. The van der Waals surface area contributed by atoms with Gasteiger partial charge in [0, 0.05) is 24.0 Å². The number of fused-ring (bicyclic) bond motifs is 1. The molecule has 7 heteroatoms. The van der Waals surface area contributed by atoms with E-state index in [0.29, 0.717) is 23.1 Å². The second-order valence-corrected chi connectivity index (χ2v) is 6.29. The van der Waals surface area contributed by atoms with Gasteiger partial charge in [-0.1, -0.05) is 18.2 Å². The van der Waals surface area contributed by atoms with Crippen LogP contribution in [0.4, 0.5) is 0 Å². The van der Waals surface area contributed by atoms with Crippen molar-refractivity contribution in [2.75, 3.05) is 6.61 Å². The number of carbonyl (C=O) groups is 1. The number of hydrogen-bond donors (Lipinski definition) is 1. The molecule has 4 rings (SSSR count). The average Bonchev–Trinajstić information content (AvgIpc) is 2.74. The normalized spacial score (nSPS) is 15.0. The molecule has 0 spiro atoms. The molecule has 1 aliphatic heterocycles. The van der Waals surface area contributed by atoms with Gasteiger partial charge in [0.2, 0.25) is 12.0 Å². The Kier molecular flexibility index (Phi) is 5.05. The van der Waals surface area contributed by atoms with Crippen LogP contribution in [-0.2, 0) is 11.3 Å². The quantitative estimate of drug-likeness (QED) is 0.736. The fraction of sp³-hybridized carbons (Fsp3) is 0.190. The molecule has 0 fully saturated rings. The minimum Gasteiger partial charge on any atom is -0.485 e. The van der Waals surface area contributed by atoms with E-state index in [-0.39, 0.29) is 19.1 Å². The van der Waals surface area contributed by atoms with E-state index in [1.807, 2.05) is 43.3 Å². The predicted octanol–water partition coefficient (Wildman–Crippen LogP) is 3.03. The lowest BCUT2D eigenvalue weighted by Crippen LogP contribution is -2.43. The van der Waals surface area contributed by atoms with Crippen molar-refractivity contribution in [3.63, 3.8) is 0 Å². The number of ether oxygens (including phenoxy) is 3. The van der Waals surface area contributed by atoms with Crippen molar-refractivity contribution in [3.8, 4) is 23.1 Å². The minimum absolute atomic E-state index is 0.161. The van der Waals surface area contributed by atoms with Crippen molar-refractivity contribution in [1.82, 2.24) is 15.3 Å². The van der Waals surface area contributed by atoms with Gasteiger partial charge >= 0.3 is 0 Å². The number of nitrogens with one attached hydrogen (secondary N) is 1. The maximum absolute atomic E-state index is 12.5. The maximum atomic E-state index is 12.5. The van der Waals surface area contributed by atoms with Gasteiger partial charge in [0.05, 0.1) is 6.20 Å². The summed E-state index contributed by atoms with van der Waals surface area (Å²) >= 11 is 0. The first kappa shape index (κ1) is 17.8. The first-order valence-electron chi connectivity index (χ1n) is 8.89. The lowest BCUT2D eigenvalue weighted by Gasteiger charge is -2.25. The molecule has 1 aliphatic rings. The van der Waals surface area contributed by atoms with Gasteiger partial charge in [-0.3, -0.25) is 9.78 Å². The Morgan fingerprint density at radius 3 is 2.82 bits per heavy atom. The molecule has 142 valence electrons. The van der Waals surface area contributed by atoms with E-state index in [4.69, 9.17) is 14.2 Å². The van der Waals surface area contributed by atoms with Gasteiger partial charge < -0.3 is 19.5 Å². The number of nitrogens with zero attached hydrogens (tertiary/aromatic N) is 2. The first-order valence-corrected chi connectivity index (χ1v) is 8.89. The molecule has 3 heterocycles. The molecule has 1 atom stereocenters. The molecule has 0 saturated carbocycles. The van der Waals surface area contributed by atoms with Crippen LogP contribution in [0.5, 0.6) is 23.1 Å². The van der Waals surface area contributed by atoms with Crippen molar-refractivity contribution in [3.05, 3.63) is 72.2 Å². The number of pyridine rings is 2. The van der Waals surface area contributed by atoms with Gasteiger partial charge in [0.25, 0.3) is 5.91 Å². The second-order valence-electron chi connectivity index (χ2n) is 6.29. The molecule has 3 aromatic rings. The van der Waals surface area contributed by atoms with Crippen LogP contribution >= 0.6 is 0 Å². The van der Waals surface area contributed by atoms with Crippen LogP contribution in [-0.4, -0.2) is 28.6 Å². The molecule has 0 aliphatic carbocycles. The monoisotopic (exact) mass is 377 g/mol. The molecule has 1 aromatic carbocycles. The molecular formula is C21H19N3O4. The number of benzene rings is 1. The van der Waals surface area contributed by atoms with Gasteiger partial charge in [-0.05, 0) is 37.3 Å². The minimum atomic E-state index is -0.711. The lowest BCUT2D eigenvalue weighted by molar-refractivity contribution is -0.130. The van der Waals surface area contributed by atoms with Crippen LogP contribution in [0.1, 0.15) is 11.3 Å². The highest BCUT2D eigenvalue weighted by atomic mass is 16.6. The zero-order valence-electron chi connectivity index (χ0n) is 15.3. The largest absolute Gasteiger partial charge is 0.485 e. The number of rotatable bonds is 5. The molecule has 0 bridgehead atoms. The first-order chi connectivity index (χ1) is 13.7. The number of para-hydroxylation sites is 2. The topological polar surface area (TPSA) is 82.6 Å². The Morgan fingerprint density at radius 2 is 2.00 bits per heavy atom. The van der Waals surface area contributed by atoms with Gasteiger partial charge in [-0.25, -0.2) is 4.98 Å². The molecular weight excluding hydrogens is 358 g/mol. The van der Waals surface area contributed by atoms with E-state index in [1.165, 1.54) is 0 Å². The Balaban J connectivity index is 1.40. The van der Waals surface area contributed by atoms with Crippen LogP contribution in [0.25, 0.3) is 0 Å². The summed E-state index contributed by atoms with van der Waals surface area (Å²) in [5.74, 6) is 1.94. The Hall–Kier alpha value is -3.61. The van der Waals surface area contributed by atoms with E-state index in [9.17, 15) is 4.79 Å². The van der Waals surface area contributed by atoms with Gasteiger partial charge in [0.15, 0.2) is 11.5 Å². The third-order valence-corrected chi connectivity index (χ3v) is 4.20. The highest BCUT2D eigenvalue weighted by Gasteiger charge is 2.27. The van der Waals surface area contributed by atoms with E-state index >= 15 is 0 Å². The van der Waals surface area contributed by atoms with Crippen LogP contribution in [0, 0.1) is 6.92 Å². The number of carbonyl (C=O) groups excluding carboxylic acids is 1. The van der Waals surface area contributed by atoms with E-state index in [2.05, 4.69) is 15.3 Å². The van der Waals surface area contributed by atoms with Gasteiger partial charge in [0.1, 0.15) is 12.4 Å². The zero-order chi connectivity index (χ0) is 19.3. The number of hydrogen-bond acceptors (Lipinski definition) is 6. The molecule has 7 nitrogen and oxygen atoms in total.